The zero-order chi connectivity index (χ0) is 21.9. The molecule has 0 spiro atoms. The molecule has 2 aromatic carbocycles. The Bertz CT molecular complexity index is 850. The third-order valence-electron chi connectivity index (χ3n) is 4.29. The predicted octanol–water partition coefficient (Wildman–Crippen LogP) is 6.36. The lowest BCUT2D eigenvalue weighted by Gasteiger charge is -2.17. The van der Waals surface area contributed by atoms with Gasteiger partial charge in [0.05, 0.1) is 6.61 Å². The van der Waals surface area contributed by atoms with Gasteiger partial charge >= 0.3 is 0 Å². The zero-order valence-electron chi connectivity index (χ0n) is 18.5. The maximum Gasteiger partial charge on any atom is 0.229 e. The van der Waals surface area contributed by atoms with E-state index in [1.54, 1.807) is 6.92 Å². The summed E-state index contributed by atoms with van der Waals surface area (Å²) in [6.45, 7) is 12.1. The first-order valence-electron chi connectivity index (χ1n) is 9.85. The Morgan fingerprint density at radius 3 is 2.28 bits per heavy atom. The lowest BCUT2D eigenvalue weighted by atomic mass is 9.95. The van der Waals surface area contributed by atoms with Crippen LogP contribution in [-0.2, 0) is 11.2 Å². The minimum atomic E-state index is -0.398. The molecule has 0 atom stereocenters. The van der Waals surface area contributed by atoms with Gasteiger partial charge in [-0.1, -0.05) is 57.2 Å². The lowest BCUT2D eigenvalue weighted by Crippen LogP contribution is -2.27. The maximum absolute atomic E-state index is 12.0. The number of nitrogens with one attached hydrogen (secondary N) is 1. The fourth-order valence-electron chi connectivity index (χ4n) is 2.43. The van der Waals surface area contributed by atoms with E-state index in [2.05, 4.69) is 36.7 Å². The van der Waals surface area contributed by atoms with Gasteiger partial charge < -0.3 is 10.1 Å². The highest BCUT2D eigenvalue weighted by Gasteiger charge is 2.20. The summed E-state index contributed by atoms with van der Waals surface area (Å²) in [7, 11) is 0. The Hall–Kier alpha value is -2.99. The number of hydrogen-bond donors (Lipinski definition) is 1. The summed E-state index contributed by atoms with van der Waals surface area (Å²) >= 11 is 0. The number of allylic oxidation sites excluding steroid dienone is 2. The van der Waals surface area contributed by atoms with Crippen molar-refractivity contribution in [3.8, 4) is 18.1 Å². The van der Waals surface area contributed by atoms with E-state index < -0.39 is 5.41 Å². The van der Waals surface area contributed by atoms with Crippen molar-refractivity contribution in [3.05, 3.63) is 65.7 Å². The smallest absolute Gasteiger partial charge is 0.229 e. The fraction of sp³-hybridized carbons (Fsp3) is 0.346. The second-order valence-electron chi connectivity index (χ2n) is 7.76. The number of hydrogen-bond acceptors (Lipinski definition) is 2. The number of amides is 1. The van der Waals surface area contributed by atoms with Crippen molar-refractivity contribution in [1.82, 2.24) is 0 Å². The molecule has 0 unspecified atom stereocenters. The van der Waals surface area contributed by atoms with Crippen molar-refractivity contribution < 1.29 is 9.53 Å². The Morgan fingerprint density at radius 1 is 1.14 bits per heavy atom. The Labute approximate surface area is 176 Å². The van der Waals surface area contributed by atoms with Crippen molar-refractivity contribution in [2.24, 2.45) is 5.41 Å². The van der Waals surface area contributed by atoms with Gasteiger partial charge in [0.15, 0.2) is 0 Å². The van der Waals surface area contributed by atoms with Crippen LogP contribution in [0.4, 0.5) is 5.69 Å². The van der Waals surface area contributed by atoms with Crippen LogP contribution in [0.1, 0.15) is 52.7 Å². The number of rotatable bonds is 6. The van der Waals surface area contributed by atoms with Crippen LogP contribution in [0.25, 0.3) is 5.57 Å². The minimum absolute atomic E-state index is 0.0181. The summed E-state index contributed by atoms with van der Waals surface area (Å²) in [5.41, 5.74) is 3.95. The first-order chi connectivity index (χ1) is 13.7. The van der Waals surface area contributed by atoms with Crippen molar-refractivity contribution >= 4 is 17.2 Å². The first kappa shape index (κ1) is 24.0. The summed E-state index contributed by atoms with van der Waals surface area (Å²) in [6, 6.07) is 16.1. The second kappa shape index (κ2) is 11.8. The van der Waals surface area contributed by atoms with Crippen molar-refractivity contribution in [3.63, 3.8) is 0 Å². The molecule has 154 valence electrons. The molecule has 0 radical (unpaired) electrons. The molecule has 3 nitrogen and oxygen atoms in total. The lowest BCUT2D eigenvalue weighted by molar-refractivity contribution is -0.123. The Kier molecular flexibility index (Phi) is 9.75. The molecule has 0 aliphatic carbocycles. The molecule has 0 saturated carbocycles. The zero-order valence-corrected chi connectivity index (χ0v) is 18.5. The molecule has 3 heteroatoms. The number of ether oxygens (including phenoxy) is 1. The van der Waals surface area contributed by atoms with Gasteiger partial charge in [-0.05, 0) is 50.1 Å². The van der Waals surface area contributed by atoms with E-state index in [4.69, 9.17) is 4.74 Å². The van der Waals surface area contributed by atoms with Gasteiger partial charge in [-0.2, -0.15) is 0 Å². The van der Waals surface area contributed by atoms with Gasteiger partial charge in [-0.15, -0.1) is 12.3 Å². The summed E-state index contributed by atoms with van der Waals surface area (Å²) in [6.07, 6.45) is 7.50. The number of terminal acetylenes is 1. The highest BCUT2D eigenvalue weighted by Crippen LogP contribution is 2.25. The molecule has 1 amide bonds. The average Bonchev–Trinajstić information content (AvgIpc) is 2.69. The van der Waals surface area contributed by atoms with Crippen LogP contribution in [0.3, 0.4) is 0 Å². The van der Waals surface area contributed by atoms with Crippen LogP contribution >= 0.6 is 0 Å². The van der Waals surface area contributed by atoms with E-state index in [1.165, 1.54) is 11.1 Å². The SMILES string of the molecule is C#CC.C/C=C(\C)c1ccccc1OCCc1ccc(NC(=O)C(C)(C)C)cc1. The van der Waals surface area contributed by atoms with Crippen molar-refractivity contribution in [2.75, 3.05) is 11.9 Å². The topological polar surface area (TPSA) is 38.3 Å². The Morgan fingerprint density at radius 2 is 1.72 bits per heavy atom. The monoisotopic (exact) mass is 391 g/mol. The first-order valence-corrected chi connectivity index (χ1v) is 9.85. The maximum atomic E-state index is 12.0. The van der Waals surface area contributed by atoms with Crippen LogP contribution in [-0.4, -0.2) is 12.5 Å². The minimum Gasteiger partial charge on any atom is -0.493 e. The number of anilines is 1. The van der Waals surface area contributed by atoms with Crippen LogP contribution in [0, 0.1) is 17.8 Å². The molecular weight excluding hydrogens is 358 g/mol. The molecular formula is C26H33NO2. The van der Waals surface area contributed by atoms with E-state index in [9.17, 15) is 4.79 Å². The highest BCUT2D eigenvalue weighted by molar-refractivity contribution is 5.94. The van der Waals surface area contributed by atoms with E-state index in [-0.39, 0.29) is 5.91 Å². The second-order valence-corrected chi connectivity index (χ2v) is 7.76. The molecule has 2 rings (SSSR count). The van der Waals surface area contributed by atoms with Crippen molar-refractivity contribution in [1.29, 1.82) is 0 Å². The van der Waals surface area contributed by atoms with Crippen LogP contribution in [0.2, 0.25) is 0 Å². The highest BCUT2D eigenvalue weighted by atomic mass is 16.5. The summed E-state index contributed by atoms with van der Waals surface area (Å²) in [5.74, 6) is 3.18. The molecule has 2 aromatic rings. The normalized spacial score (nSPS) is 11.0. The number of para-hydroxylation sites is 1. The number of carbonyl (C=O) groups excluding carboxylic acids is 1. The van der Waals surface area contributed by atoms with Gasteiger partial charge in [0.2, 0.25) is 5.91 Å². The van der Waals surface area contributed by atoms with E-state index >= 15 is 0 Å². The molecule has 29 heavy (non-hydrogen) atoms. The standard InChI is InChI=1S/C23H29NO2.C3H4/c1-6-17(2)20-9-7-8-10-21(20)26-16-15-18-11-13-19(14-12-18)24-22(25)23(3,4)5;1-3-2/h6-14H,15-16H2,1-5H3,(H,24,25);1H,2H3/b17-6+;. The third kappa shape index (κ3) is 8.27. The van der Waals surface area contributed by atoms with Crippen LogP contribution in [0.15, 0.2) is 54.6 Å². The Balaban J connectivity index is 0.00000132. The number of benzene rings is 2. The van der Waals surface area contributed by atoms with Gasteiger partial charge in [0.1, 0.15) is 5.75 Å². The molecule has 0 aliphatic heterocycles. The van der Waals surface area contributed by atoms with E-state index in [0.29, 0.717) is 6.61 Å². The van der Waals surface area contributed by atoms with Gasteiger partial charge in [0.25, 0.3) is 0 Å². The van der Waals surface area contributed by atoms with E-state index in [0.717, 1.165) is 23.4 Å². The molecule has 0 aliphatic rings. The van der Waals surface area contributed by atoms with Crippen molar-refractivity contribution in [2.45, 2.75) is 48.0 Å². The quantitative estimate of drug-likeness (QED) is 0.582. The third-order valence-corrected chi connectivity index (χ3v) is 4.29. The molecule has 0 heterocycles. The van der Waals surface area contributed by atoms with Gasteiger partial charge in [0, 0.05) is 23.1 Å². The molecule has 0 aromatic heterocycles. The number of carbonyl (C=O) groups is 1. The largest absolute Gasteiger partial charge is 0.493 e. The average molecular weight is 392 g/mol. The van der Waals surface area contributed by atoms with Crippen LogP contribution in [0.5, 0.6) is 5.75 Å². The molecule has 0 fully saturated rings. The summed E-state index contributed by atoms with van der Waals surface area (Å²) in [4.78, 5) is 12.0. The molecule has 1 N–H and O–H groups in total. The predicted molar refractivity (Wildman–Crippen MR) is 124 cm³/mol. The summed E-state index contributed by atoms with van der Waals surface area (Å²) in [5, 5.41) is 2.94. The summed E-state index contributed by atoms with van der Waals surface area (Å²) < 4.78 is 5.99. The van der Waals surface area contributed by atoms with Gasteiger partial charge in [-0.25, -0.2) is 0 Å². The van der Waals surface area contributed by atoms with E-state index in [1.807, 2.05) is 70.2 Å². The molecule has 0 saturated heterocycles. The van der Waals surface area contributed by atoms with Gasteiger partial charge in [-0.3, -0.25) is 4.79 Å². The molecule has 0 bridgehead atoms. The fourth-order valence-corrected chi connectivity index (χ4v) is 2.43. The van der Waals surface area contributed by atoms with Crippen LogP contribution < -0.4 is 10.1 Å².